The third-order valence-corrected chi connectivity index (χ3v) is 5.24. The molecule has 114 valence electrons. The van der Waals surface area contributed by atoms with Gasteiger partial charge in [-0.1, -0.05) is 18.5 Å². The Morgan fingerprint density at radius 3 is 2.57 bits per heavy atom. The van der Waals surface area contributed by atoms with Crippen LogP contribution >= 0.6 is 34.2 Å². The first-order chi connectivity index (χ1) is 9.84. The van der Waals surface area contributed by atoms with Crippen LogP contribution in [0.5, 0.6) is 0 Å². The molecule has 1 aliphatic carbocycles. The van der Waals surface area contributed by atoms with Gasteiger partial charge in [0, 0.05) is 8.59 Å². The van der Waals surface area contributed by atoms with Gasteiger partial charge in [0.15, 0.2) is 0 Å². The van der Waals surface area contributed by atoms with Crippen molar-refractivity contribution in [3.63, 3.8) is 0 Å². The second-order valence-electron chi connectivity index (χ2n) is 5.65. The molecule has 1 aromatic carbocycles. The van der Waals surface area contributed by atoms with E-state index in [1.165, 1.54) is 0 Å². The van der Waals surface area contributed by atoms with Crippen LogP contribution in [-0.2, 0) is 4.79 Å². The smallest absolute Gasteiger partial charge is 0.329 e. The fourth-order valence-electron chi connectivity index (χ4n) is 2.60. The minimum atomic E-state index is -1.16. The highest BCUT2D eigenvalue weighted by Gasteiger charge is 2.42. The zero-order valence-corrected chi connectivity index (χ0v) is 14.6. The largest absolute Gasteiger partial charge is 0.480 e. The van der Waals surface area contributed by atoms with Crippen LogP contribution in [0.4, 0.5) is 0 Å². The topological polar surface area (TPSA) is 66.4 Å². The van der Waals surface area contributed by atoms with Gasteiger partial charge in [-0.25, -0.2) is 4.79 Å². The van der Waals surface area contributed by atoms with Crippen molar-refractivity contribution in [1.82, 2.24) is 5.32 Å². The Hall–Kier alpha value is -0.820. The van der Waals surface area contributed by atoms with E-state index in [0.717, 1.165) is 16.4 Å². The Bertz CT molecular complexity index is 568. The minimum absolute atomic E-state index is 0.376. The van der Waals surface area contributed by atoms with E-state index in [2.05, 4.69) is 12.2 Å². The highest BCUT2D eigenvalue weighted by atomic mass is 127. The van der Waals surface area contributed by atoms with Crippen LogP contribution in [-0.4, -0.2) is 22.5 Å². The average Bonchev–Trinajstić information content (AvgIpc) is 2.44. The van der Waals surface area contributed by atoms with Gasteiger partial charge in [-0.3, -0.25) is 4.79 Å². The molecule has 1 aromatic rings. The molecule has 0 atom stereocenters. The standard InChI is InChI=1S/C15H17ClINO3/c1-9-4-6-15(7-5-9,14(20)21)18-13(19)11-8-10(16)2-3-12(11)17/h2-3,8-9H,4-7H2,1H3,(H,18,19)(H,20,21). The number of aliphatic carboxylic acids is 1. The van der Waals surface area contributed by atoms with E-state index in [4.69, 9.17) is 11.6 Å². The molecule has 0 unspecified atom stereocenters. The van der Waals surface area contributed by atoms with Gasteiger partial charge in [0.05, 0.1) is 5.56 Å². The van der Waals surface area contributed by atoms with Crippen molar-refractivity contribution in [3.05, 3.63) is 32.4 Å². The van der Waals surface area contributed by atoms with Crippen LogP contribution in [0.2, 0.25) is 5.02 Å². The molecule has 2 N–H and O–H groups in total. The number of rotatable bonds is 3. The van der Waals surface area contributed by atoms with Gasteiger partial charge < -0.3 is 10.4 Å². The van der Waals surface area contributed by atoms with E-state index < -0.39 is 11.5 Å². The van der Waals surface area contributed by atoms with Gasteiger partial charge in [-0.2, -0.15) is 0 Å². The quantitative estimate of drug-likeness (QED) is 0.731. The number of carbonyl (C=O) groups excluding carboxylic acids is 1. The third-order valence-electron chi connectivity index (χ3n) is 4.06. The van der Waals surface area contributed by atoms with Crippen molar-refractivity contribution in [1.29, 1.82) is 0 Å². The molecule has 4 nitrogen and oxygen atoms in total. The van der Waals surface area contributed by atoms with Crippen molar-refractivity contribution >= 4 is 46.1 Å². The summed E-state index contributed by atoms with van der Waals surface area (Å²) < 4.78 is 0.749. The number of hydrogen-bond acceptors (Lipinski definition) is 2. The number of carboxylic acid groups (broad SMARTS) is 1. The number of carboxylic acids is 1. The van der Waals surface area contributed by atoms with Crippen molar-refractivity contribution in [2.24, 2.45) is 5.92 Å². The van der Waals surface area contributed by atoms with Gasteiger partial charge in [-0.05, 0) is 72.4 Å². The molecular weight excluding hydrogens is 405 g/mol. The van der Waals surface area contributed by atoms with E-state index in [9.17, 15) is 14.7 Å². The number of amides is 1. The summed E-state index contributed by atoms with van der Waals surface area (Å²) in [5.74, 6) is -0.834. The molecule has 0 bridgehead atoms. The van der Waals surface area contributed by atoms with Gasteiger partial charge in [0.25, 0.3) is 5.91 Å². The minimum Gasteiger partial charge on any atom is -0.480 e. The van der Waals surface area contributed by atoms with E-state index >= 15 is 0 Å². The Kier molecular flexibility index (Phi) is 5.14. The predicted octanol–water partition coefficient (Wildman–Crippen LogP) is 3.71. The molecule has 0 saturated heterocycles. The lowest BCUT2D eigenvalue weighted by Gasteiger charge is -2.36. The number of halogens is 2. The predicted molar refractivity (Wildman–Crippen MR) is 89.6 cm³/mol. The molecule has 2 rings (SSSR count). The first-order valence-corrected chi connectivity index (χ1v) is 8.31. The molecule has 1 saturated carbocycles. The maximum atomic E-state index is 12.4. The summed E-state index contributed by atoms with van der Waals surface area (Å²) >= 11 is 7.97. The second-order valence-corrected chi connectivity index (χ2v) is 7.25. The number of carbonyl (C=O) groups is 2. The fourth-order valence-corrected chi connectivity index (χ4v) is 3.36. The van der Waals surface area contributed by atoms with E-state index in [0.29, 0.717) is 29.3 Å². The Labute approximate surface area is 142 Å². The first kappa shape index (κ1) is 16.5. The van der Waals surface area contributed by atoms with Crippen LogP contribution in [0.15, 0.2) is 18.2 Å². The maximum absolute atomic E-state index is 12.4. The Morgan fingerprint density at radius 1 is 1.38 bits per heavy atom. The second kappa shape index (κ2) is 6.52. The number of nitrogens with one attached hydrogen (secondary N) is 1. The summed E-state index contributed by atoms with van der Waals surface area (Å²) in [7, 11) is 0. The molecule has 1 amide bonds. The molecule has 0 aliphatic heterocycles. The molecule has 21 heavy (non-hydrogen) atoms. The first-order valence-electron chi connectivity index (χ1n) is 6.85. The average molecular weight is 422 g/mol. The summed E-state index contributed by atoms with van der Waals surface area (Å²) in [6.07, 6.45) is 2.54. The molecule has 0 aromatic heterocycles. The fraction of sp³-hybridized carbons (Fsp3) is 0.467. The summed E-state index contributed by atoms with van der Waals surface area (Å²) in [6.45, 7) is 2.10. The van der Waals surface area contributed by atoms with Gasteiger partial charge in [0.2, 0.25) is 0 Å². The van der Waals surface area contributed by atoms with Crippen molar-refractivity contribution < 1.29 is 14.7 Å². The van der Waals surface area contributed by atoms with Gasteiger partial charge in [0.1, 0.15) is 5.54 Å². The lowest BCUT2D eigenvalue weighted by atomic mass is 9.77. The van der Waals surface area contributed by atoms with E-state index in [1.807, 2.05) is 22.6 Å². The zero-order chi connectivity index (χ0) is 15.6. The van der Waals surface area contributed by atoms with E-state index in [1.54, 1.807) is 18.2 Å². The summed E-state index contributed by atoms with van der Waals surface area (Å²) in [5.41, 5.74) is -0.739. The molecule has 6 heteroatoms. The van der Waals surface area contributed by atoms with Crippen molar-refractivity contribution in [3.8, 4) is 0 Å². The van der Waals surface area contributed by atoms with Crippen LogP contribution in [0, 0.1) is 9.49 Å². The van der Waals surface area contributed by atoms with Gasteiger partial charge in [-0.15, -0.1) is 0 Å². The SMILES string of the molecule is CC1CCC(NC(=O)c2cc(Cl)ccc2I)(C(=O)O)CC1. The van der Waals surface area contributed by atoms with Crippen molar-refractivity contribution in [2.75, 3.05) is 0 Å². The summed E-state index contributed by atoms with van der Waals surface area (Å²) in [6, 6.07) is 5.02. The van der Waals surface area contributed by atoms with Gasteiger partial charge >= 0.3 is 5.97 Å². The number of benzene rings is 1. The van der Waals surface area contributed by atoms with Crippen LogP contribution in [0.1, 0.15) is 43.0 Å². The molecule has 0 spiro atoms. The number of hydrogen-bond donors (Lipinski definition) is 2. The molecule has 1 fully saturated rings. The lowest BCUT2D eigenvalue weighted by molar-refractivity contribution is -0.146. The monoisotopic (exact) mass is 421 g/mol. The Balaban J connectivity index is 2.23. The van der Waals surface area contributed by atoms with Crippen molar-refractivity contribution in [2.45, 2.75) is 38.1 Å². The molecule has 0 radical (unpaired) electrons. The van der Waals surface area contributed by atoms with Crippen LogP contribution in [0.25, 0.3) is 0 Å². The van der Waals surface area contributed by atoms with Crippen LogP contribution < -0.4 is 5.32 Å². The lowest BCUT2D eigenvalue weighted by Crippen LogP contribution is -2.56. The molecule has 0 heterocycles. The zero-order valence-electron chi connectivity index (χ0n) is 11.7. The normalized spacial score (nSPS) is 25.4. The Morgan fingerprint density at radius 2 is 2.00 bits per heavy atom. The summed E-state index contributed by atoms with van der Waals surface area (Å²) in [4.78, 5) is 24.1. The van der Waals surface area contributed by atoms with Crippen LogP contribution in [0.3, 0.4) is 0 Å². The van der Waals surface area contributed by atoms with E-state index in [-0.39, 0.29) is 5.91 Å². The molecule has 1 aliphatic rings. The molecular formula is C15H17ClINO3. The third kappa shape index (κ3) is 3.69. The highest BCUT2D eigenvalue weighted by molar-refractivity contribution is 14.1. The maximum Gasteiger partial charge on any atom is 0.329 e. The highest BCUT2D eigenvalue weighted by Crippen LogP contribution is 2.32. The summed E-state index contributed by atoms with van der Waals surface area (Å²) in [5, 5.41) is 12.7.